The number of halogens is 1. The second-order valence-electron chi connectivity index (χ2n) is 5.87. The molecule has 2 heterocycles. The second-order valence-corrected chi connectivity index (χ2v) is 6.23. The first kappa shape index (κ1) is 14.6. The van der Waals surface area contributed by atoms with Gasteiger partial charge < -0.3 is 4.90 Å². The maximum atomic E-state index is 6.23. The predicted molar refractivity (Wildman–Crippen MR) is 80.9 cm³/mol. The first-order valence-corrected chi connectivity index (χ1v) is 7.72. The van der Waals surface area contributed by atoms with Crippen LogP contribution in [-0.4, -0.2) is 23.1 Å². The van der Waals surface area contributed by atoms with Crippen LogP contribution in [-0.2, 0) is 6.42 Å². The van der Waals surface area contributed by atoms with Gasteiger partial charge in [0.2, 0.25) is 0 Å². The number of nitrogens with zero attached hydrogens (tertiary/aromatic N) is 3. The van der Waals surface area contributed by atoms with E-state index in [0.717, 1.165) is 37.3 Å². The number of piperidine rings is 1. The summed E-state index contributed by atoms with van der Waals surface area (Å²) in [4.78, 5) is 11.0. The van der Waals surface area contributed by atoms with Crippen LogP contribution in [0.2, 0.25) is 5.15 Å². The summed E-state index contributed by atoms with van der Waals surface area (Å²) in [5.41, 5.74) is 1.62. The fourth-order valence-corrected chi connectivity index (χ4v) is 2.95. The van der Waals surface area contributed by atoms with E-state index in [1.165, 1.54) is 19.3 Å². The lowest BCUT2D eigenvalue weighted by Crippen LogP contribution is -2.39. The molecule has 106 valence electrons. The maximum Gasteiger partial charge on any atom is 0.137 e. The number of rotatable bonds is 4. The molecule has 0 bridgehead atoms. The van der Waals surface area contributed by atoms with Crippen LogP contribution in [0.15, 0.2) is 6.33 Å². The number of aromatic nitrogens is 2. The lowest BCUT2D eigenvalue weighted by molar-refractivity contribution is 0.237. The molecule has 1 aliphatic rings. The molecule has 2 rings (SSSR count). The summed E-state index contributed by atoms with van der Waals surface area (Å²) in [6.07, 6.45) is 7.34. The molecule has 0 unspecified atom stereocenters. The summed E-state index contributed by atoms with van der Waals surface area (Å²) in [7, 11) is 0. The molecule has 1 aliphatic heterocycles. The van der Waals surface area contributed by atoms with Crippen LogP contribution in [0.3, 0.4) is 0 Å². The molecular formula is C15H24ClN3. The molecule has 3 nitrogen and oxygen atoms in total. The van der Waals surface area contributed by atoms with Gasteiger partial charge in [-0.05, 0) is 24.7 Å². The zero-order valence-corrected chi connectivity index (χ0v) is 13.0. The van der Waals surface area contributed by atoms with Crippen LogP contribution in [0.4, 0.5) is 5.82 Å². The van der Waals surface area contributed by atoms with Crippen molar-refractivity contribution < 1.29 is 0 Å². The molecular weight excluding hydrogens is 258 g/mol. The summed E-state index contributed by atoms with van der Waals surface area (Å²) in [5.74, 6) is 1.06. The zero-order chi connectivity index (χ0) is 13.9. The smallest absolute Gasteiger partial charge is 0.137 e. The summed E-state index contributed by atoms with van der Waals surface area (Å²) in [6.45, 7) is 9.00. The molecule has 0 spiro atoms. The molecule has 0 atom stereocenters. The van der Waals surface area contributed by atoms with Crippen LogP contribution in [0.1, 0.15) is 52.0 Å². The Labute approximate surface area is 121 Å². The highest BCUT2D eigenvalue weighted by atomic mass is 35.5. The Morgan fingerprint density at radius 1 is 1.26 bits per heavy atom. The van der Waals surface area contributed by atoms with Crippen LogP contribution in [0.25, 0.3) is 0 Å². The maximum absolute atomic E-state index is 6.23. The molecule has 0 saturated carbocycles. The quantitative estimate of drug-likeness (QED) is 0.778. The van der Waals surface area contributed by atoms with Crippen molar-refractivity contribution >= 4 is 17.4 Å². The highest BCUT2D eigenvalue weighted by Crippen LogP contribution is 2.36. The van der Waals surface area contributed by atoms with Crippen LogP contribution in [0, 0.1) is 5.41 Å². The van der Waals surface area contributed by atoms with Crippen molar-refractivity contribution in [3.8, 4) is 0 Å². The minimum absolute atomic E-state index is 0.498. The lowest BCUT2D eigenvalue weighted by atomic mass is 9.78. The SMILES string of the molecule is CCCc1c(Cl)ncnc1N1CCC(C)(CC)CC1. The van der Waals surface area contributed by atoms with Crippen LogP contribution < -0.4 is 4.90 Å². The van der Waals surface area contributed by atoms with Gasteiger partial charge in [0.05, 0.1) is 0 Å². The van der Waals surface area contributed by atoms with Gasteiger partial charge in [-0.1, -0.05) is 45.2 Å². The largest absolute Gasteiger partial charge is 0.356 e. The summed E-state index contributed by atoms with van der Waals surface area (Å²) in [6, 6.07) is 0. The zero-order valence-electron chi connectivity index (χ0n) is 12.2. The van der Waals surface area contributed by atoms with Gasteiger partial charge in [-0.15, -0.1) is 0 Å². The topological polar surface area (TPSA) is 29.0 Å². The standard InChI is InChI=1S/C15H24ClN3/c1-4-6-12-13(16)17-11-18-14(12)19-9-7-15(3,5-2)8-10-19/h11H,4-10H2,1-3H3. The lowest BCUT2D eigenvalue weighted by Gasteiger charge is -2.40. The summed E-state index contributed by atoms with van der Waals surface area (Å²) in [5, 5.41) is 0.621. The Balaban J connectivity index is 2.17. The van der Waals surface area contributed by atoms with Crippen molar-refractivity contribution in [2.24, 2.45) is 5.41 Å². The Morgan fingerprint density at radius 2 is 1.95 bits per heavy atom. The van der Waals surface area contributed by atoms with Crippen molar-refractivity contribution in [3.63, 3.8) is 0 Å². The molecule has 1 saturated heterocycles. The van der Waals surface area contributed by atoms with Crippen molar-refractivity contribution in [3.05, 3.63) is 17.0 Å². The van der Waals surface area contributed by atoms with E-state index in [4.69, 9.17) is 11.6 Å². The summed E-state index contributed by atoms with van der Waals surface area (Å²) < 4.78 is 0. The third-order valence-corrected chi connectivity index (χ3v) is 4.82. The molecule has 1 aromatic heterocycles. The minimum Gasteiger partial charge on any atom is -0.356 e. The van der Waals surface area contributed by atoms with Gasteiger partial charge in [-0.3, -0.25) is 0 Å². The molecule has 0 radical (unpaired) electrons. The first-order valence-electron chi connectivity index (χ1n) is 7.34. The van der Waals surface area contributed by atoms with Gasteiger partial charge in [0.15, 0.2) is 0 Å². The molecule has 19 heavy (non-hydrogen) atoms. The molecule has 0 amide bonds. The van der Waals surface area contributed by atoms with E-state index in [9.17, 15) is 0 Å². The molecule has 1 aromatic rings. The molecule has 4 heteroatoms. The third kappa shape index (κ3) is 3.19. The van der Waals surface area contributed by atoms with Crippen LogP contribution in [0.5, 0.6) is 0 Å². The van der Waals surface area contributed by atoms with Gasteiger partial charge in [0.25, 0.3) is 0 Å². The van der Waals surface area contributed by atoms with E-state index < -0.39 is 0 Å². The second kappa shape index (κ2) is 6.08. The van der Waals surface area contributed by atoms with Crippen molar-refractivity contribution in [1.82, 2.24) is 9.97 Å². The van der Waals surface area contributed by atoms with Gasteiger partial charge in [0, 0.05) is 18.7 Å². The van der Waals surface area contributed by atoms with Gasteiger partial charge >= 0.3 is 0 Å². The van der Waals surface area contributed by atoms with E-state index in [1.807, 2.05) is 0 Å². The molecule has 0 aliphatic carbocycles. The monoisotopic (exact) mass is 281 g/mol. The molecule has 1 fully saturated rings. The highest BCUT2D eigenvalue weighted by Gasteiger charge is 2.29. The Kier molecular flexibility index (Phi) is 4.67. The van der Waals surface area contributed by atoms with Crippen molar-refractivity contribution in [2.75, 3.05) is 18.0 Å². The third-order valence-electron chi connectivity index (χ3n) is 4.49. The average molecular weight is 282 g/mol. The summed E-state index contributed by atoms with van der Waals surface area (Å²) >= 11 is 6.23. The van der Waals surface area contributed by atoms with Crippen LogP contribution >= 0.6 is 11.6 Å². The predicted octanol–water partition coefficient (Wildman–Crippen LogP) is 4.10. The van der Waals surface area contributed by atoms with Crippen molar-refractivity contribution in [2.45, 2.75) is 52.9 Å². The highest BCUT2D eigenvalue weighted by molar-refractivity contribution is 6.30. The van der Waals surface area contributed by atoms with E-state index in [1.54, 1.807) is 6.33 Å². The fraction of sp³-hybridized carbons (Fsp3) is 0.733. The number of anilines is 1. The van der Waals surface area contributed by atoms with Gasteiger partial charge in [-0.25, -0.2) is 9.97 Å². The van der Waals surface area contributed by atoms with E-state index in [0.29, 0.717) is 10.6 Å². The minimum atomic E-state index is 0.498. The van der Waals surface area contributed by atoms with E-state index >= 15 is 0 Å². The number of hydrogen-bond acceptors (Lipinski definition) is 3. The van der Waals surface area contributed by atoms with Crippen molar-refractivity contribution in [1.29, 1.82) is 0 Å². The van der Waals surface area contributed by atoms with Gasteiger partial charge in [0.1, 0.15) is 17.3 Å². The van der Waals surface area contributed by atoms with E-state index in [-0.39, 0.29) is 0 Å². The first-order chi connectivity index (χ1) is 9.09. The number of hydrogen-bond donors (Lipinski definition) is 0. The Hall–Kier alpha value is -0.830. The molecule has 0 aromatic carbocycles. The Bertz CT molecular complexity index is 425. The average Bonchev–Trinajstić information content (AvgIpc) is 2.42. The van der Waals surface area contributed by atoms with Gasteiger partial charge in [-0.2, -0.15) is 0 Å². The Morgan fingerprint density at radius 3 is 2.53 bits per heavy atom. The fourth-order valence-electron chi connectivity index (χ4n) is 2.73. The normalized spacial score (nSPS) is 18.6. The molecule has 0 N–H and O–H groups in total. The van der Waals surface area contributed by atoms with E-state index in [2.05, 4.69) is 35.6 Å².